The zero-order valence-electron chi connectivity index (χ0n) is 20.9. The molecule has 0 bridgehead atoms. The summed E-state index contributed by atoms with van der Waals surface area (Å²) in [5.41, 5.74) is 2.77. The largest absolute Gasteiger partial charge is 0.376 e. The average molecular weight is 530 g/mol. The molecule has 0 unspecified atom stereocenters. The van der Waals surface area contributed by atoms with Crippen LogP contribution in [-0.4, -0.2) is 48.0 Å². The van der Waals surface area contributed by atoms with E-state index in [2.05, 4.69) is 4.98 Å². The van der Waals surface area contributed by atoms with E-state index in [0.717, 1.165) is 18.4 Å². The molecule has 1 amide bonds. The molecular formula is C27H32ClN3O4S. The lowest BCUT2D eigenvalue weighted by atomic mass is 10.1. The van der Waals surface area contributed by atoms with E-state index >= 15 is 0 Å². The molecule has 1 atom stereocenters. The Morgan fingerprint density at radius 1 is 1.22 bits per heavy atom. The fraction of sp³-hybridized carbons (Fsp3) is 0.407. The minimum atomic E-state index is -3.76. The van der Waals surface area contributed by atoms with Crippen LogP contribution in [0, 0.1) is 6.92 Å². The van der Waals surface area contributed by atoms with Gasteiger partial charge >= 0.3 is 0 Å². The van der Waals surface area contributed by atoms with Gasteiger partial charge in [-0.1, -0.05) is 41.9 Å². The van der Waals surface area contributed by atoms with E-state index in [4.69, 9.17) is 16.3 Å². The number of benzene rings is 2. The van der Waals surface area contributed by atoms with E-state index < -0.39 is 9.84 Å². The molecule has 192 valence electrons. The summed E-state index contributed by atoms with van der Waals surface area (Å²) >= 11 is 6.06. The van der Waals surface area contributed by atoms with Crippen molar-refractivity contribution in [2.45, 2.75) is 63.2 Å². The molecule has 0 spiro atoms. The molecule has 1 fully saturated rings. The molecule has 1 aliphatic heterocycles. The first kappa shape index (κ1) is 26.4. The zero-order valence-corrected chi connectivity index (χ0v) is 22.4. The SMILES string of the molecule is Cc1ccccc1C(=O)N(Cc1cnc(S(=O)(=O)Cc2cccc(Cl)c2)n1C(C)C)C[C@@H]1CCCO1. The fourth-order valence-corrected chi connectivity index (χ4v) is 6.42. The van der Waals surface area contributed by atoms with E-state index in [1.165, 1.54) is 0 Å². The summed E-state index contributed by atoms with van der Waals surface area (Å²) in [5.74, 6) is -0.318. The Morgan fingerprint density at radius 2 is 2.00 bits per heavy atom. The summed E-state index contributed by atoms with van der Waals surface area (Å²) in [4.78, 5) is 19.7. The molecule has 9 heteroatoms. The van der Waals surface area contributed by atoms with Gasteiger partial charge in [0.15, 0.2) is 0 Å². The second-order valence-electron chi connectivity index (χ2n) is 9.52. The van der Waals surface area contributed by atoms with Crippen molar-refractivity contribution < 1.29 is 17.9 Å². The number of sulfone groups is 1. The Hall–Kier alpha value is -2.68. The quantitative estimate of drug-likeness (QED) is 0.379. The topological polar surface area (TPSA) is 81.5 Å². The van der Waals surface area contributed by atoms with Gasteiger partial charge in [0, 0.05) is 29.8 Å². The van der Waals surface area contributed by atoms with Crippen molar-refractivity contribution in [3.63, 3.8) is 0 Å². The Bertz CT molecular complexity index is 1330. The van der Waals surface area contributed by atoms with Crippen LogP contribution in [0.5, 0.6) is 0 Å². The molecule has 36 heavy (non-hydrogen) atoms. The van der Waals surface area contributed by atoms with Crippen LogP contribution in [0.3, 0.4) is 0 Å². The number of hydrogen-bond donors (Lipinski definition) is 0. The Labute approximate surface area is 218 Å². The number of halogens is 1. The van der Waals surface area contributed by atoms with Crippen LogP contribution in [0.4, 0.5) is 0 Å². The van der Waals surface area contributed by atoms with Crippen LogP contribution < -0.4 is 0 Å². The van der Waals surface area contributed by atoms with Gasteiger partial charge in [0.2, 0.25) is 15.0 Å². The zero-order chi connectivity index (χ0) is 25.9. The van der Waals surface area contributed by atoms with E-state index in [1.807, 2.05) is 45.0 Å². The first-order chi connectivity index (χ1) is 17.2. The smallest absolute Gasteiger partial charge is 0.254 e. The van der Waals surface area contributed by atoms with Gasteiger partial charge in [0.1, 0.15) is 0 Å². The van der Waals surface area contributed by atoms with E-state index in [-0.39, 0.29) is 35.5 Å². The molecule has 3 aromatic rings. The monoisotopic (exact) mass is 529 g/mol. The lowest BCUT2D eigenvalue weighted by Gasteiger charge is -2.27. The molecule has 1 aromatic heterocycles. The van der Waals surface area contributed by atoms with E-state index in [1.54, 1.807) is 39.9 Å². The highest BCUT2D eigenvalue weighted by Gasteiger charge is 2.29. The summed E-state index contributed by atoms with van der Waals surface area (Å²) in [6.45, 7) is 7.09. The lowest BCUT2D eigenvalue weighted by molar-refractivity contribution is 0.0500. The van der Waals surface area contributed by atoms with Crippen molar-refractivity contribution in [1.29, 1.82) is 0 Å². The van der Waals surface area contributed by atoms with Crippen LogP contribution in [0.2, 0.25) is 5.02 Å². The molecule has 0 N–H and O–H groups in total. The van der Waals surface area contributed by atoms with Gasteiger partial charge in [0.05, 0.1) is 30.3 Å². The Kier molecular flexibility index (Phi) is 8.17. The number of rotatable bonds is 9. The third kappa shape index (κ3) is 5.99. The number of aryl methyl sites for hydroxylation is 1. The van der Waals surface area contributed by atoms with Crippen molar-refractivity contribution in [3.8, 4) is 0 Å². The molecule has 1 saturated heterocycles. The highest BCUT2D eigenvalue weighted by molar-refractivity contribution is 7.90. The third-order valence-electron chi connectivity index (χ3n) is 6.34. The number of aromatic nitrogens is 2. The molecular weight excluding hydrogens is 498 g/mol. The normalized spacial score (nSPS) is 16.0. The minimum Gasteiger partial charge on any atom is -0.376 e. The van der Waals surface area contributed by atoms with Crippen LogP contribution in [0.1, 0.15) is 59.9 Å². The van der Waals surface area contributed by atoms with Gasteiger partial charge in [-0.3, -0.25) is 4.79 Å². The molecule has 2 heterocycles. The van der Waals surface area contributed by atoms with Crippen LogP contribution >= 0.6 is 11.6 Å². The molecule has 0 aliphatic carbocycles. The number of ether oxygens (including phenoxy) is 1. The molecule has 7 nitrogen and oxygen atoms in total. The van der Waals surface area contributed by atoms with Gasteiger partial charge in [-0.15, -0.1) is 0 Å². The number of carbonyl (C=O) groups excluding carboxylic acids is 1. The van der Waals surface area contributed by atoms with Gasteiger partial charge in [-0.25, -0.2) is 13.4 Å². The predicted molar refractivity (Wildman–Crippen MR) is 140 cm³/mol. The number of hydrogen-bond acceptors (Lipinski definition) is 5. The number of carbonyl (C=O) groups is 1. The standard InChI is InChI=1S/C27H32ClN3O4S/c1-19(2)31-23(15-29-27(31)36(33,34)18-21-9-6-10-22(28)14-21)16-30(17-24-11-7-13-35-24)26(32)25-12-5-4-8-20(25)3/h4-6,8-10,12,14-15,19,24H,7,11,13,16-18H2,1-3H3/t24-/m0/s1. The van der Waals surface area contributed by atoms with Gasteiger partial charge < -0.3 is 14.2 Å². The Balaban J connectivity index is 1.67. The highest BCUT2D eigenvalue weighted by Crippen LogP contribution is 2.25. The Morgan fingerprint density at radius 3 is 2.67 bits per heavy atom. The van der Waals surface area contributed by atoms with Crippen molar-refractivity contribution in [2.75, 3.05) is 13.2 Å². The van der Waals surface area contributed by atoms with Crippen LogP contribution in [0.15, 0.2) is 59.9 Å². The predicted octanol–water partition coefficient (Wildman–Crippen LogP) is 5.22. The van der Waals surface area contributed by atoms with Crippen molar-refractivity contribution in [1.82, 2.24) is 14.5 Å². The number of nitrogens with zero attached hydrogens (tertiary/aromatic N) is 3. The second kappa shape index (κ2) is 11.2. The van der Waals surface area contributed by atoms with Crippen molar-refractivity contribution >= 4 is 27.3 Å². The van der Waals surface area contributed by atoms with Crippen molar-refractivity contribution in [2.24, 2.45) is 0 Å². The first-order valence-electron chi connectivity index (χ1n) is 12.2. The first-order valence-corrected chi connectivity index (χ1v) is 14.2. The summed E-state index contributed by atoms with van der Waals surface area (Å²) in [6, 6.07) is 14.1. The van der Waals surface area contributed by atoms with Gasteiger partial charge in [-0.2, -0.15) is 0 Å². The fourth-order valence-electron chi connectivity index (χ4n) is 4.62. The summed E-state index contributed by atoms with van der Waals surface area (Å²) in [5, 5.41) is 0.475. The summed E-state index contributed by atoms with van der Waals surface area (Å²) in [7, 11) is -3.76. The van der Waals surface area contributed by atoms with E-state index in [0.29, 0.717) is 35.0 Å². The maximum Gasteiger partial charge on any atom is 0.254 e. The highest BCUT2D eigenvalue weighted by atomic mass is 35.5. The van der Waals surface area contributed by atoms with Crippen LogP contribution in [-0.2, 0) is 26.9 Å². The maximum absolute atomic E-state index is 13.6. The maximum atomic E-state index is 13.6. The number of amides is 1. The molecule has 4 rings (SSSR count). The summed E-state index contributed by atoms with van der Waals surface area (Å²) < 4.78 is 34.3. The second-order valence-corrected chi connectivity index (χ2v) is 11.8. The van der Waals surface area contributed by atoms with E-state index in [9.17, 15) is 13.2 Å². The average Bonchev–Trinajstić information content (AvgIpc) is 3.49. The molecule has 1 aliphatic rings. The lowest BCUT2D eigenvalue weighted by Crippen LogP contribution is -2.38. The minimum absolute atomic E-state index is 0.00659. The van der Waals surface area contributed by atoms with Gasteiger partial charge in [0.25, 0.3) is 5.91 Å². The van der Waals surface area contributed by atoms with Gasteiger partial charge in [-0.05, 0) is 62.9 Å². The summed E-state index contributed by atoms with van der Waals surface area (Å²) in [6.07, 6.45) is 3.38. The van der Waals surface area contributed by atoms with Crippen LogP contribution in [0.25, 0.3) is 0 Å². The third-order valence-corrected chi connectivity index (χ3v) is 8.15. The molecule has 2 aromatic carbocycles. The van der Waals surface area contributed by atoms with Crippen molar-refractivity contribution in [3.05, 3.63) is 82.1 Å². The molecule has 0 saturated carbocycles. The number of imidazole rings is 1. The molecule has 0 radical (unpaired) electrons.